The van der Waals surface area contributed by atoms with Crippen molar-refractivity contribution in [3.8, 4) is 5.75 Å². The molecule has 0 atom stereocenters. The smallest absolute Gasteiger partial charge is 0.224 e. The third-order valence-corrected chi connectivity index (χ3v) is 2.94. The summed E-state index contributed by atoms with van der Waals surface area (Å²) in [5, 5.41) is 15.7. The summed E-state index contributed by atoms with van der Waals surface area (Å²) >= 11 is 0. The lowest BCUT2D eigenvalue weighted by Crippen LogP contribution is -2.09. The van der Waals surface area contributed by atoms with Gasteiger partial charge in [-0.1, -0.05) is 31.2 Å². The molecular weight excluding hydrogens is 252 g/mol. The van der Waals surface area contributed by atoms with Gasteiger partial charge in [0.1, 0.15) is 5.75 Å². The molecule has 2 aromatic rings. The van der Waals surface area contributed by atoms with Gasteiger partial charge in [-0.3, -0.25) is 4.79 Å². The minimum Gasteiger partial charge on any atom is -0.508 e. The van der Waals surface area contributed by atoms with E-state index in [0.717, 1.165) is 16.9 Å². The van der Waals surface area contributed by atoms with Crippen molar-refractivity contribution in [1.82, 2.24) is 0 Å². The summed E-state index contributed by atoms with van der Waals surface area (Å²) in [6, 6.07) is 14.7. The highest BCUT2D eigenvalue weighted by molar-refractivity contribution is 5.90. The molecule has 0 bridgehead atoms. The molecule has 4 nitrogen and oxygen atoms in total. The van der Waals surface area contributed by atoms with Crippen molar-refractivity contribution in [1.29, 1.82) is 0 Å². The van der Waals surface area contributed by atoms with Gasteiger partial charge in [0.15, 0.2) is 0 Å². The highest BCUT2D eigenvalue weighted by Gasteiger charge is 2.02. The summed E-state index contributed by atoms with van der Waals surface area (Å²) in [6.45, 7) is 2.34. The monoisotopic (exact) mass is 270 g/mol. The fourth-order valence-electron chi connectivity index (χ4n) is 1.81. The Balaban J connectivity index is 2.01. The molecule has 0 saturated heterocycles. The molecule has 0 fully saturated rings. The predicted molar refractivity (Wildman–Crippen MR) is 80.8 cm³/mol. The lowest BCUT2D eigenvalue weighted by atomic mass is 10.2. The zero-order valence-electron chi connectivity index (χ0n) is 11.4. The van der Waals surface area contributed by atoms with Crippen molar-refractivity contribution < 1.29 is 9.90 Å². The van der Waals surface area contributed by atoms with Gasteiger partial charge in [0.05, 0.1) is 0 Å². The first-order valence-corrected chi connectivity index (χ1v) is 6.59. The van der Waals surface area contributed by atoms with Crippen molar-refractivity contribution in [2.24, 2.45) is 0 Å². The number of carbonyl (C=O) groups excluding carboxylic acids is 1. The normalized spacial score (nSPS) is 10.1. The Bertz CT molecular complexity index is 597. The minimum atomic E-state index is -0.0112. The summed E-state index contributed by atoms with van der Waals surface area (Å²) < 4.78 is 0. The zero-order valence-corrected chi connectivity index (χ0v) is 11.4. The largest absolute Gasteiger partial charge is 0.508 e. The van der Waals surface area contributed by atoms with Crippen LogP contribution in [0.5, 0.6) is 5.75 Å². The van der Waals surface area contributed by atoms with Crippen LogP contribution in [0, 0.1) is 0 Å². The van der Waals surface area contributed by atoms with E-state index < -0.39 is 0 Å². The van der Waals surface area contributed by atoms with Crippen LogP contribution in [0.4, 0.5) is 11.4 Å². The van der Waals surface area contributed by atoms with E-state index in [4.69, 9.17) is 0 Å². The van der Waals surface area contributed by atoms with E-state index in [1.807, 2.05) is 43.3 Å². The van der Waals surface area contributed by atoms with Crippen LogP contribution >= 0.6 is 0 Å². The third kappa shape index (κ3) is 3.75. The van der Waals surface area contributed by atoms with Gasteiger partial charge in [-0.2, -0.15) is 0 Å². The van der Waals surface area contributed by atoms with Crippen molar-refractivity contribution in [2.75, 3.05) is 10.6 Å². The molecule has 4 heteroatoms. The Hall–Kier alpha value is -2.49. The van der Waals surface area contributed by atoms with Gasteiger partial charge in [-0.15, -0.1) is 0 Å². The van der Waals surface area contributed by atoms with E-state index in [2.05, 4.69) is 10.6 Å². The fourth-order valence-corrected chi connectivity index (χ4v) is 1.81. The van der Waals surface area contributed by atoms with Crippen molar-refractivity contribution in [3.05, 3.63) is 54.1 Å². The van der Waals surface area contributed by atoms with Crippen LogP contribution in [0.25, 0.3) is 0 Å². The number of para-hydroxylation sites is 1. The fraction of sp³-hybridized carbons (Fsp3) is 0.188. The highest BCUT2D eigenvalue weighted by Crippen LogP contribution is 2.19. The second-order valence-electron chi connectivity index (χ2n) is 4.46. The maximum absolute atomic E-state index is 11.4. The van der Waals surface area contributed by atoms with Crippen LogP contribution in [-0.4, -0.2) is 11.0 Å². The van der Waals surface area contributed by atoms with Gasteiger partial charge >= 0.3 is 0 Å². The van der Waals surface area contributed by atoms with Gasteiger partial charge < -0.3 is 15.7 Å². The van der Waals surface area contributed by atoms with Crippen LogP contribution < -0.4 is 10.6 Å². The molecule has 0 heterocycles. The topological polar surface area (TPSA) is 61.4 Å². The Morgan fingerprint density at radius 3 is 2.60 bits per heavy atom. The molecule has 3 N–H and O–H groups in total. The number of rotatable bonds is 5. The molecule has 0 unspecified atom stereocenters. The minimum absolute atomic E-state index is 0.0112. The molecule has 20 heavy (non-hydrogen) atoms. The molecule has 0 saturated carbocycles. The number of phenols is 1. The highest BCUT2D eigenvalue weighted by atomic mass is 16.3. The number of anilines is 2. The summed E-state index contributed by atoms with van der Waals surface area (Å²) in [4.78, 5) is 11.4. The average Bonchev–Trinajstić information content (AvgIpc) is 2.47. The van der Waals surface area contributed by atoms with Crippen molar-refractivity contribution in [3.63, 3.8) is 0 Å². The average molecular weight is 270 g/mol. The van der Waals surface area contributed by atoms with Crippen molar-refractivity contribution >= 4 is 17.3 Å². The number of hydrogen-bond donors (Lipinski definition) is 3. The van der Waals surface area contributed by atoms with E-state index in [0.29, 0.717) is 13.0 Å². The summed E-state index contributed by atoms with van der Waals surface area (Å²) in [7, 11) is 0. The number of nitrogens with one attached hydrogen (secondary N) is 2. The summed E-state index contributed by atoms with van der Waals surface area (Å²) in [5.74, 6) is 0.262. The first-order chi connectivity index (χ1) is 9.69. The van der Waals surface area contributed by atoms with Gasteiger partial charge in [0, 0.05) is 29.9 Å². The lowest BCUT2D eigenvalue weighted by Gasteiger charge is -2.10. The lowest BCUT2D eigenvalue weighted by molar-refractivity contribution is -0.115. The molecule has 2 aromatic carbocycles. The van der Waals surface area contributed by atoms with E-state index >= 15 is 0 Å². The van der Waals surface area contributed by atoms with E-state index in [1.54, 1.807) is 12.1 Å². The summed E-state index contributed by atoms with van der Waals surface area (Å²) in [5.41, 5.74) is 2.48. The van der Waals surface area contributed by atoms with E-state index in [1.165, 1.54) is 0 Å². The Morgan fingerprint density at radius 1 is 1.10 bits per heavy atom. The zero-order chi connectivity index (χ0) is 14.4. The van der Waals surface area contributed by atoms with Crippen LogP contribution in [0.2, 0.25) is 0 Å². The first kappa shape index (κ1) is 13.9. The van der Waals surface area contributed by atoms with Crippen LogP contribution in [0.1, 0.15) is 18.9 Å². The van der Waals surface area contributed by atoms with E-state index in [9.17, 15) is 9.90 Å². The SMILES string of the molecule is CCC(=O)Nc1cccc(NCc2ccccc2O)c1. The Kier molecular flexibility index (Phi) is 4.60. The summed E-state index contributed by atoms with van der Waals surface area (Å²) in [6.07, 6.45) is 0.454. The maximum atomic E-state index is 11.4. The predicted octanol–water partition coefficient (Wildman–Crippen LogP) is 3.35. The Labute approximate surface area is 118 Å². The second-order valence-corrected chi connectivity index (χ2v) is 4.46. The molecule has 0 aliphatic carbocycles. The molecule has 2 rings (SSSR count). The van der Waals surface area contributed by atoms with Gasteiger partial charge in [0.2, 0.25) is 5.91 Å². The van der Waals surface area contributed by atoms with Gasteiger partial charge in [-0.05, 0) is 24.3 Å². The molecule has 1 amide bonds. The van der Waals surface area contributed by atoms with Crippen LogP contribution in [-0.2, 0) is 11.3 Å². The number of aromatic hydroxyl groups is 1. The number of phenolic OH excluding ortho intramolecular Hbond substituents is 1. The van der Waals surface area contributed by atoms with Crippen LogP contribution in [0.3, 0.4) is 0 Å². The number of amides is 1. The van der Waals surface area contributed by atoms with Crippen LogP contribution in [0.15, 0.2) is 48.5 Å². The Morgan fingerprint density at radius 2 is 1.85 bits per heavy atom. The molecule has 0 aromatic heterocycles. The number of benzene rings is 2. The molecule has 0 radical (unpaired) electrons. The third-order valence-electron chi connectivity index (χ3n) is 2.94. The molecule has 0 aliphatic heterocycles. The molecule has 0 spiro atoms. The molecule has 104 valence electrons. The van der Waals surface area contributed by atoms with E-state index in [-0.39, 0.29) is 11.7 Å². The first-order valence-electron chi connectivity index (χ1n) is 6.59. The standard InChI is InChI=1S/C16H18N2O2/c1-2-16(20)18-14-8-5-7-13(10-14)17-11-12-6-3-4-9-15(12)19/h3-10,17,19H,2,11H2,1H3,(H,18,20). The second kappa shape index (κ2) is 6.61. The maximum Gasteiger partial charge on any atom is 0.224 e. The number of hydrogen-bond acceptors (Lipinski definition) is 3. The number of carbonyl (C=O) groups is 1. The molecular formula is C16H18N2O2. The van der Waals surface area contributed by atoms with Gasteiger partial charge in [-0.25, -0.2) is 0 Å². The molecule has 0 aliphatic rings. The quantitative estimate of drug-likeness (QED) is 0.780. The van der Waals surface area contributed by atoms with Crippen molar-refractivity contribution in [2.45, 2.75) is 19.9 Å². The van der Waals surface area contributed by atoms with Gasteiger partial charge in [0.25, 0.3) is 0 Å².